The maximum atomic E-state index is 3.81. The van der Waals surface area contributed by atoms with Gasteiger partial charge in [-0.2, -0.15) is 0 Å². The summed E-state index contributed by atoms with van der Waals surface area (Å²) in [4.78, 5) is 2.75. The molecule has 1 aliphatic carbocycles. The smallest absolute Gasteiger partial charge is 0.0223 e. The molecule has 0 aromatic heterocycles. The lowest BCUT2D eigenvalue weighted by Crippen LogP contribution is -2.55. The molecule has 1 saturated carbocycles. The number of hydrogen-bond acceptors (Lipinski definition) is 2. The van der Waals surface area contributed by atoms with Crippen molar-refractivity contribution >= 4 is 0 Å². The van der Waals surface area contributed by atoms with Crippen LogP contribution in [0.2, 0.25) is 0 Å². The lowest BCUT2D eigenvalue weighted by molar-refractivity contribution is 0.106. The maximum absolute atomic E-state index is 3.81. The molecule has 0 radical (unpaired) electrons. The Kier molecular flexibility index (Phi) is 6.35. The van der Waals surface area contributed by atoms with Crippen LogP contribution in [0.5, 0.6) is 0 Å². The van der Waals surface area contributed by atoms with Gasteiger partial charge in [-0.25, -0.2) is 0 Å². The Balaban J connectivity index is 1.86. The lowest BCUT2D eigenvalue weighted by atomic mass is 9.82. The Morgan fingerprint density at radius 1 is 1.00 bits per heavy atom. The van der Waals surface area contributed by atoms with E-state index in [0.29, 0.717) is 0 Å². The van der Waals surface area contributed by atoms with Gasteiger partial charge in [0.25, 0.3) is 0 Å². The summed E-state index contributed by atoms with van der Waals surface area (Å²) in [5.41, 5.74) is 0. The fourth-order valence-electron chi connectivity index (χ4n) is 4.35. The van der Waals surface area contributed by atoms with E-state index in [2.05, 4.69) is 37.9 Å². The van der Waals surface area contributed by atoms with E-state index in [1.54, 1.807) is 0 Å². The summed E-state index contributed by atoms with van der Waals surface area (Å²) in [5, 5.41) is 3.81. The van der Waals surface area contributed by atoms with Crippen LogP contribution in [-0.2, 0) is 0 Å². The summed E-state index contributed by atoms with van der Waals surface area (Å²) >= 11 is 0. The van der Waals surface area contributed by atoms with Crippen LogP contribution in [-0.4, -0.2) is 37.1 Å². The normalized spacial score (nSPS) is 26.9. The predicted octanol–water partition coefficient (Wildman–Crippen LogP) is 3.77. The van der Waals surface area contributed by atoms with E-state index in [-0.39, 0.29) is 0 Å². The molecule has 0 bridgehead atoms. The molecule has 1 heterocycles. The lowest BCUT2D eigenvalue weighted by Gasteiger charge is -2.41. The van der Waals surface area contributed by atoms with Crippen molar-refractivity contribution in [2.24, 2.45) is 23.7 Å². The molecule has 2 aliphatic rings. The second kappa shape index (κ2) is 7.79. The van der Waals surface area contributed by atoms with Gasteiger partial charge >= 0.3 is 0 Å². The van der Waals surface area contributed by atoms with Crippen LogP contribution in [0, 0.1) is 23.7 Å². The highest BCUT2D eigenvalue weighted by atomic mass is 15.2. The minimum atomic E-state index is 0.768. The minimum Gasteiger partial charge on any atom is -0.311 e. The van der Waals surface area contributed by atoms with Crippen molar-refractivity contribution in [1.82, 2.24) is 10.2 Å². The number of nitrogens with one attached hydrogen (secondary N) is 1. The second-order valence-electron chi connectivity index (χ2n) is 7.87. The highest BCUT2D eigenvalue weighted by Crippen LogP contribution is 2.28. The average Bonchev–Trinajstić information content (AvgIpc) is 2.45. The van der Waals surface area contributed by atoms with Gasteiger partial charge in [0, 0.05) is 32.2 Å². The van der Waals surface area contributed by atoms with Crippen molar-refractivity contribution in [2.45, 2.75) is 65.8 Å². The molecule has 1 unspecified atom stereocenters. The first-order valence-electron chi connectivity index (χ1n) is 9.03. The van der Waals surface area contributed by atoms with Crippen LogP contribution in [0.1, 0.15) is 59.8 Å². The summed E-state index contributed by atoms with van der Waals surface area (Å²) in [6.45, 7) is 14.6. The fourth-order valence-corrected chi connectivity index (χ4v) is 4.35. The zero-order valence-corrected chi connectivity index (χ0v) is 14.2. The zero-order valence-electron chi connectivity index (χ0n) is 14.2. The minimum absolute atomic E-state index is 0.768. The molecule has 2 heteroatoms. The molecule has 2 fully saturated rings. The van der Waals surface area contributed by atoms with Crippen molar-refractivity contribution in [3.8, 4) is 0 Å². The Bertz CT molecular complexity index is 261. The third-order valence-electron chi connectivity index (χ3n) is 5.69. The molecular weight excluding hydrogens is 244 g/mol. The third-order valence-corrected chi connectivity index (χ3v) is 5.69. The molecule has 0 spiro atoms. The van der Waals surface area contributed by atoms with Gasteiger partial charge in [-0.05, 0) is 36.5 Å². The van der Waals surface area contributed by atoms with E-state index in [1.807, 2.05) is 0 Å². The van der Waals surface area contributed by atoms with Crippen LogP contribution in [0.25, 0.3) is 0 Å². The highest BCUT2D eigenvalue weighted by Gasteiger charge is 2.29. The Morgan fingerprint density at radius 3 is 2.25 bits per heavy atom. The van der Waals surface area contributed by atoms with Crippen molar-refractivity contribution in [2.75, 3.05) is 26.2 Å². The average molecular weight is 280 g/mol. The van der Waals surface area contributed by atoms with Gasteiger partial charge in [0.05, 0.1) is 0 Å². The van der Waals surface area contributed by atoms with E-state index in [0.717, 1.165) is 29.7 Å². The van der Waals surface area contributed by atoms with Gasteiger partial charge in [0.1, 0.15) is 0 Å². The van der Waals surface area contributed by atoms with Gasteiger partial charge in [-0.15, -0.1) is 0 Å². The maximum Gasteiger partial charge on any atom is 0.0223 e. The molecule has 1 N–H and O–H groups in total. The monoisotopic (exact) mass is 280 g/mol. The molecule has 0 aromatic carbocycles. The first-order valence-corrected chi connectivity index (χ1v) is 9.03. The topological polar surface area (TPSA) is 15.3 Å². The SMILES string of the molecule is CC(C)C(CN1CCNC(C2CCCCC2)C1)C(C)C. The zero-order chi connectivity index (χ0) is 14.5. The van der Waals surface area contributed by atoms with Crippen LogP contribution in [0.3, 0.4) is 0 Å². The Labute approximate surface area is 126 Å². The first-order chi connectivity index (χ1) is 9.58. The van der Waals surface area contributed by atoms with Crippen LogP contribution in [0.15, 0.2) is 0 Å². The number of piperazine rings is 1. The molecule has 1 atom stereocenters. The molecule has 2 rings (SSSR count). The van der Waals surface area contributed by atoms with E-state index < -0.39 is 0 Å². The molecule has 118 valence electrons. The van der Waals surface area contributed by atoms with Crippen molar-refractivity contribution in [3.63, 3.8) is 0 Å². The molecule has 2 nitrogen and oxygen atoms in total. The summed E-state index contributed by atoms with van der Waals surface area (Å²) in [6.07, 6.45) is 7.31. The van der Waals surface area contributed by atoms with Gasteiger partial charge < -0.3 is 10.2 Å². The second-order valence-corrected chi connectivity index (χ2v) is 7.87. The van der Waals surface area contributed by atoms with Gasteiger partial charge in [0.2, 0.25) is 0 Å². The standard InChI is InChI=1S/C18H36N2/c1-14(2)17(15(3)4)12-20-11-10-19-18(13-20)16-8-6-5-7-9-16/h14-19H,5-13H2,1-4H3. The van der Waals surface area contributed by atoms with Gasteiger partial charge in [-0.3, -0.25) is 0 Å². The van der Waals surface area contributed by atoms with Crippen LogP contribution < -0.4 is 5.32 Å². The molecule has 1 saturated heterocycles. The molecule has 20 heavy (non-hydrogen) atoms. The summed E-state index contributed by atoms with van der Waals surface area (Å²) in [6, 6.07) is 0.768. The van der Waals surface area contributed by atoms with E-state index in [9.17, 15) is 0 Å². The van der Waals surface area contributed by atoms with Gasteiger partial charge in [-0.1, -0.05) is 47.0 Å². The number of nitrogens with zero attached hydrogens (tertiary/aromatic N) is 1. The molecule has 0 amide bonds. The highest BCUT2D eigenvalue weighted by molar-refractivity contribution is 4.87. The number of rotatable bonds is 5. The van der Waals surface area contributed by atoms with Gasteiger partial charge in [0.15, 0.2) is 0 Å². The molecule has 1 aliphatic heterocycles. The summed E-state index contributed by atoms with van der Waals surface area (Å²) in [7, 11) is 0. The van der Waals surface area contributed by atoms with E-state index >= 15 is 0 Å². The fraction of sp³-hybridized carbons (Fsp3) is 1.00. The van der Waals surface area contributed by atoms with E-state index in [1.165, 1.54) is 58.3 Å². The molecule has 0 aromatic rings. The van der Waals surface area contributed by atoms with Crippen molar-refractivity contribution < 1.29 is 0 Å². The summed E-state index contributed by atoms with van der Waals surface area (Å²) in [5.74, 6) is 3.40. The first kappa shape index (κ1) is 16.3. The Hall–Kier alpha value is -0.0800. The third kappa shape index (κ3) is 4.46. The van der Waals surface area contributed by atoms with E-state index in [4.69, 9.17) is 0 Å². The Morgan fingerprint density at radius 2 is 1.65 bits per heavy atom. The van der Waals surface area contributed by atoms with Crippen molar-refractivity contribution in [3.05, 3.63) is 0 Å². The number of hydrogen-bond donors (Lipinski definition) is 1. The van der Waals surface area contributed by atoms with Crippen LogP contribution >= 0.6 is 0 Å². The van der Waals surface area contributed by atoms with Crippen LogP contribution in [0.4, 0.5) is 0 Å². The quantitative estimate of drug-likeness (QED) is 0.824. The molecular formula is C18H36N2. The summed E-state index contributed by atoms with van der Waals surface area (Å²) < 4.78 is 0. The van der Waals surface area contributed by atoms with Crippen molar-refractivity contribution in [1.29, 1.82) is 0 Å². The predicted molar refractivity (Wildman–Crippen MR) is 88.0 cm³/mol. The largest absolute Gasteiger partial charge is 0.311 e.